The van der Waals surface area contributed by atoms with Crippen LogP contribution in [-0.2, 0) is 32.7 Å². The molecule has 1 unspecified atom stereocenters. The number of allylic oxidation sites excluding steroid dienone is 3. The third kappa shape index (κ3) is 36.1. The third-order valence-corrected chi connectivity index (χ3v) is 10.1. The van der Waals surface area contributed by atoms with E-state index in [1.165, 1.54) is 38.5 Å². The van der Waals surface area contributed by atoms with Gasteiger partial charge in [0.05, 0.1) is 40.0 Å². The van der Waals surface area contributed by atoms with Crippen molar-refractivity contribution in [3.05, 3.63) is 24.3 Å². The fourth-order valence-corrected chi connectivity index (χ4v) is 6.34. The molecule has 0 heterocycles. The van der Waals surface area contributed by atoms with Crippen molar-refractivity contribution in [1.82, 2.24) is 0 Å². The lowest BCUT2D eigenvalue weighted by Crippen LogP contribution is -2.37. The van der Waals surface area contributed by atoms with Gasteiger partial charge in [0.1, 0.15) is 19.8 Å². The Hall–Kier alpha value is -1.59. The lowest BCUT2D eigenvalue weighted by atomic mass is 10.0. The van der Waals surface area contributed by atoms with Crippen LogP contribution in [-0.4, -0.2) is 92.5 Å². The van der Waals surface area contributed by atoms with Crippen molar-refractivity contribution in [2.24, 2.45) is 0 Å². The highest BCUT2D eigenvalue weighted by atomic mass is 31.2. The van der Waals surface area contributed by atoms with Gasteiger partial charge < -0.3 is 38.1 Å². The highest BCUT2D eigenvalue weighted by Crippen LogP contribution is 2.38. The largest absolute Gasteiger partial charge is 0.756 e. The summed E-state index contributed by atoms with van der Waals surface area (Å²) in [6.07, 6.45) is 28.0. The Morgan fingerprint density at radius 3 is 1.76 bits per heavy atom. The van der Waals surface area contributed by atoms with Gasteiger partial charge >= 0.3 is 11.9 Å². The van der Waals surface area contributed by atoms with Gasteiger partial charge in [0.2, 0.25) is 0 Å². The van der Waals surface area contributed by atoms with Gasteiger partial charge in [-0.15, -0.1) is 0 Å². The Bertz CT molecular complexity index is 1020. The minimum atomic E-state index is -4.66. The van der Waals surface area contributed by atoms with Gasteiger partial charge in [-0.25, -0.2) is 0 Å². The number of esters is 2. The third-order valence-electron chi connectivity index (χ3n) is 9.14. The summed E-state index contributed by atoms with van der Waals surface area (Å²) in [5, 5.41) is 20.4. The van der Waals surface area contributed by atoms with Gasteiger partial charge in [-0.2, -0.15) is 0 Å². The molecule has 0 fully saturated rings. The zero-order chi connectivity index (χ0) is 40.3. The van der Waals surface area contributed by atoms with E-state index >= 15 is 0 Å². The maximum Gasteiger partial charge on any atom is 0.306 e. The monoisotopic (exact) mass is 790 g/mol. The van der Waals surface area contributed by atoms with Crippen molar-refractivity contribution in [3.63, 3.8) is 0 Å². The molecular formula is C42H80NO10P. The molecule has 0 aromatic carbocycles. The molecular weight excluding hydrogens is 709 g/mol. The Kier molecular flexibility index (Phi) is 33.6. The van der Waals surface area contributed by atoms with Gasteiger partial charge in [0, 0.05) is 12.8 Å². The minimum absolute atomic E-state index is 0.0571. The van der Waals surface area contributed by atoms with E-state index in [2.05, 4.69) is 32.1 Å². The fourth-order valence-electron chi connectivity index (χ4n) is 5.61. The number of phosphoric ester groups is 1. The fraction of sp³-hybridized carbons (Fsp3) is 0.857. The first-order chi connectivity index (χ1) is 25.8. The van der Waals surface area contributed by atoms with E-state index in [-0.39, 0.29) is 26.1 Å². The van der Waals surface area contributed by atoms with Crippen molar-refractivity contribution < 1.29 is 52.3 Å². The quantitative estimate of drug-likeness (QED) is 0.0204. The van der Waals surface area contributed by atoms with E-state index < -0.39 is 44.7 Å². The SMILES string of the molecule is CCCCC/C=C\C[C@@H](O)[C@H](O)CCCCCCCC(=O)OC[C@H](COP(=O)([O-])OCC[N+](C)(C)C)OC(=O)CCCCCCC/C=C\CCCCCC. The lowest BCUT2D eigenvalue weighted by molar-refractivity contribution is -0.870. The molecule has 0 saturated carbocycles. The van der Waals surface area contributed by atoms with Crippen molar-refractivity contribution in [2.75, 3.05) is 47.5 Å². The highest BCUT2D eigenvalue weighted by Gasteiger charge is 2.22. The van der Waals surface area contributed by atoms with Crippen LogP contribution in [0.25, 0.3) is 0 Å². The molecule has 0 amide bonds. The van der Waals surface area contributed by atoms with Gasteiger partial charge in [0.25, 0.3) is 7.82 Å². The van der Waals surface area contributed by atoms with E-state index in [1.807, 2.05) is 27.2 Å². The maximum absolute atomic E-state index is 12.6. The molecule has 0 saturated heterocycles. The lowest BCUT2D eigenvalue weighted by Gasteiger charge is -2.28. The first-order valence-electron chi connectivity index (χ1n) is 21.2. The molecule has 0 radical (unpaired) electrons. The molecule has 0 rings (SSSR count). The van der Waals surface area contributed by atoms with Crippen LogP contribution in [0.1, 0.15) is 168 Å². The second-order valence-electron chi connectivity index (χ2n) is 15.7. The van der Waals surface area contributed by atoms with Crippen LogP contribution in [0.4, 0.5) is 0 Å². The molecule has 54 heavy (non-hydrogen) atoms. The van der Waals surface area contributed by atoms with Gasteiger partial charge in [0.15, 0.2) is 6.10 Å². The average molecular weight is 790 g/mol. The standard InChI is InChI=1S/C42H80NO10P/c1-6-8-10-12-14-15-16-17-18-19-20-24-29-33-42(47)53-38(37-52-54(48,49)51-35-34-43(3,4)5)36-50-41(46)32-28-25-21-23-27-31-40(45)39(44)30-26-22-13-11-9-7-2/h15-16,22,26,38-40,44-45H,6-14,17-21,23-25,27-37H2,1-5H3/b16-15-,26-22-/t38-,39-,40-/m1/s1. The highest BCUT2D eigenvalue weighted by molar-refractivity contribution is 7.45. The summed E-state index contributed by atoms with van der Waals surface area (Å²) in [6, 6.07) is 0. The van der Waals surface area contributed by atoms with Gasteiger partial charge in [-0.1, -0.05) is 115 Å². The number of phosphoric acid groups is 1. The van der Waals surface area contributed by atoms with Crippen molar-refractivity contribution in [3.8, 4) is 0 Å². The number of likely N-dealkylation sites (N-methyl/N-ethyl adjacent to an activating group) is 1. The average Bonchev–Trinajstić information content (AvgIpc) is 3.11. The van der Waals surface area contributed by atoms with Crippen LogP contribution >= 0.6 is 7.82 Å². The number of carbonyl (C=O) groups is 2. The summed E-state index contributed by atoms with van der Waals surface area (Å²) in [4.78, 5) is 37.5. The number of aliphatic hydroxyl groups excluding tert-OH is 2. The van der Waals surface area contributed by atoms with E-state index in [1.54, 1.807) is 0 Å². The Morgan fingerprint density at radius 2 is 1.15 bits per heavy atom. The van der Waals surface area contributed by atoms with Crippen molar-refractivity contribution in [1.29, 1.82) is 0 Å². The summed E-state index contributed by atoms with van der Waals surface area (Å²) < 4.78 is 33.7. The van der Waals surface area contributed by atoms with Gasteiger partial charge in [-0.05, 0) is 64.2 Å². The summed E-state index contributed by atoms with van der Waals surface area (Å²) in [6.45, 7) is 3.95. The van der Waals surface area contributed by atoms with Crippen LogP contribution in [0.3, 0.4) is 0 Å². The van der Waals surface area contributed by atoms with Crippen LogP contribution in [0.5, 0.6) is 0 Å². The second kappa shape index (κ2) is 34.6. The number of carbonyl (C=O) groups excluding carboxylic acids is 2. The van der Waals surface area contributed by atoms with E-state index in [9.17, 15) is 29.3 Å². The number of hydrogen-bond acceptors (Lipinski definition) is 10. The Balaban J connectivity index is 4.51. The van der Waals surface area contributed by atoms with Crippen LogP contribution < -0.4 is 4.89 Å². The normalized spacial score (nSPS) is 15.0. The first-order valence-corrected chi connectivity index (χ1v) is 22.7. The maximum atomic E-state index is 12.6. The molecule has 0 aliphatic heterocycles. The molecule has 318 valence electrons. The Morgan fingerprint density at radius 1 is 0.648 bits per heavy atom. The summed E-state index contributed by atoms with van der Waals surface area (Å²) >= 11 is 0. The molecule has 0 spiro atoms. The summed E-state index contributed by atoms with van der Waals surface area (Å²) in [7, 11) is 1.07. The number of nitrogens with zero attached hydrogens (tertiary/aromatic N) is 1. The Labute approximate surface area is 329 Å². The molecule has 0 aliphatic rings. The van der Waals surface area contributed by atoms with Crippen LogP contribution in [0.2, 0.25) is 0 Å². The second-order valence-corrected chi connectivity index (χ2v) is 17.1. The van der Waals surface area contributed by atoms with Crippen molar-refractivity contribution in [2.45, 2.75) is 186 Å². The van der Waals surface area contributed by atoms with Crippen molar-refractivity contribution >= 4 is 19.8 Å². The number of ether oxygens (including phenoxy) is 2. The van der Waals surface area contributed by atoms with Gasteiger partial charge in [-0.3, -0.25) is 14.2 Å². The summed E-state index contributed by atoms with van der Waals surface area (Å²) in [5.74, 6) is -0.956. The van der Waals surface area contributed by atoms with E-state index in [0.29, 0.717) is 36.7 Å². The number of hydrogen-bond donors (Lipinski definition) is 2. The number of aliphatic hydroxyl groups is 2. The van der Waals surface area contributed by atoms with Crippen LogP contribution in [0, 0.1) is 0 Å². The molecule has 0 bridgehead atoms. The summed E-state index contributed by atoms with van der Waals surface area (Å²) in [5.41, 5.74) is 0. The number of unbranched alkanes of at least 4 members (excludes halogenated alkanes) is 16. The zero-order valence-corrected chi connectivity index (χ0v) is 35.8. The topological polar surface area (TPSA) is 152 Å². The zero-order valence-electron chi connectivity index (χ0n) is 34.9. The predicted octanol–water partition coefficient (Wildman–Crippen LogP) is 8.89. The molecule has 2 N–H and O–H groups in total. The molecule has 0 aromatic heterocycles. The first kappa shape index (κ1) is 52.4. The van der Waals surface area contributed by atoms with E-state index in [0.717, 1.165) is 77.0 Å². The molecule has 0 aromatic rings. The molecule has 4 atom stereocenters. The predicted molar refractivity (Wildman–Crippen MR) is 216 cm³/mol. The molecule has 11 nitrogen and oxygen atoms in total. The minimum Gasteiger partial charge on any atom is -0.756 e. The number of rotatable bonds is 38. The van der Waals surface area contributed by atoms with E-state index in [4.69, 9.17) is 18.5 Å². The van der Waals surface area contributed by atoms with Crippen LogP contribution in [0.15, 0.2) is 24.3 Å². The molecule has 0 aliphatic carbocycles. The molecule has 12 heteroatoms. The smallest absolute Gasteiger partial charge is 0.306 e. The number of quaternary nitrogens is 1.